The Morgan fingerprint density at radius 2 is 1.93 bits per heavy atom. The number of hydrogen-bond acceptors (Lipinski definition) is 1. The highest BCUT2D eigenvalue weighted by atomic mass is 16.5. The molecule has 0 atom stereocenters. The number of benzene rings is 1. The van der Waals surface area contributed by atoms with Crippen LogP contribution in [0.5, 0.6) is 5.75 Å². The average molecular weight is 202 g/mol. The first-order chi connectivity index (χ1) is 7.02. The molecule has 0 radical (unpaired) electrons. The van der Waals surface area contributed by atoms with E-state index in [1.807, 2.05) is 6.07 Å². The Labute approximate surface area is 91.8 Å². The van der Waals surface area contributed by atoms with Crippen LogP contribution in [-0.2, 0) is 6.42 Å². The zero-order valence-corrected chi connectivity index (χ0v) is 9.92. The van der Waals surface area contributed by atoms with Gasteiger partial charge in [-0.2, -0.15) is 0 Å². The number of allylic oxidation sites excluding steroid dienone is 1. The van der Waals surface area contributed by atoms with Crippen LogP contribution in [0.3, 0.4) is 0 Å². The molecule has 1 aromatic carbocycles. The summed E-state index contributed by atoms with van der Waals surface area (Å²) in [5, 5.41) is 0. The van der Waals surface area contributed by atoms with E-state index in [9.17, 15) is 0 Å². The van der Waals surface area contributed by atoms with Crippen molar-refractivity contribution >= 4 is 6.08 Å². The molecule has 2 rings (SSSR count). The number of methoxy groups -OCH3 is 1. The van der Waals surface area contributed by atoms with E-state index in [1.54, 1.807) is 7.11 Å². The summed E-state index contributed by atoms with van der Waals surface area (Å²) in [7, 11) is 1.73. The van der Waals surface area contributed by atoms with Crippen molar-refractivity contribution in [3.63, 3.8) is 0 Å². The molecule has 0 saturated carbocycles. The number of ether oxygens (including phenoxy) is 1. The predicted octanol–water partition coefficient (Wildman–Crippen LogP) is 3.68. The molecule has 1 aliphatic carbocycles. The molecule has 0 bridgehead atoms. The normalized spacial score (nSPS) is 14.8. The average Bonchev–Trinajstić information content (AvgIpc) is 2.59. The van der Waals surface area contributed by atoms with Crippen LogP contribution < -0.4 is 4.74 Å². The van der Waals surface area contributed by atoms with Gasteiger partial charge in [0, 0.05) is 5.56 Å². The molecule has 0 saturated heterocycles. The van der Waals surface area contributed by atoms with Crippen LogP contribution in [0, 0.1) is 5.41 Å². The molecule has 0 aromatic heterocycles. The van der Waals surface area contributed by atoms with Gasteiger partial charge in [-0.3, -0.25) is 0 Å². The highest BCUT2D eigenvalue weighted by Gasteiger charge is 2.24. The van der Waals surface area contributed by atoms with Gasteiger partial charge in [0.15, 0.2) is 0 Å². The monoisotopic (exact) mass is 202 g/mol. The van der Waals surface area contributed by atoms with Crippen molar-refractivity contribution in [3.8, 4) is 5.75 Å². The van der Waals surface area contributed by atoms with E-state index in [-0.39, 0.29) is 5.41 Å². The Balaban J connectivity index is 2.44. The Morgan fingerprint density at radius 3 is 2.53 bits per heavy atom. The van der Waals surface area contributed by atoms with Gasteiger partial charge in [-0.1, -0.05) is 44.6 Å². The van der Waals surface area contributed by atoms with Gasteiger partial charge in [-0.05, 0) is 23.5 Å². The third kappa shape index (κ3) is 1.79. The molecule has 0 heterocycles. The lowest BCUT2D eigenvalue weighted by atomic mass is 9.85. The van der Waals surface area contributed by atoms with Crippen LogP contribution in [0.2, 0.25) is 0 Å². The van der Waals surface area contributed by atoms with Crippen molar-refractivity contribution in [2.24, 2.45) is 5.41 Å². The van der Waals surface area contributed by atoms with Gasteiger partial charge >= 0.3 is 0 Å². The van der Waals surface area contributed by atoms with Gasteiger partial charge in [0.05, 0.1) is 7.11 Å². The summed E-state index contributed by atoms with van der Waals surface area (Å²) in [6.45, 7) is 6.78. The Bertz CT molecular complexity index is 408. The largest absolute Gasteiger partial charge is 0.496 e. The van der Waals surface area contributed by atoms with E-state index in [4.69, 9.17) is 4.74 Å². The van der Waals surface area contributed by atoms with Crippen molar-refractivity contribution in [1.29, 1.82) is 0 Å². The van der Waals surface area contributed by atoms with Crippen LogP contribution in [0.1, 0.15) is 31.9 Å². The fraction of sp³-hybridized carbons (Fsp3) is 0.429. The second-order valence-electron chi connectivity index (χ2n) is 5.13. The summed E-state index contributed by atoms with van der Waals surface area (Å²) in [5.41, 5.74) is 4.40. The van der Waals surface area contributed by atoms with Gasteiger partial charge < -0.3 is 4.74 Å². The summed E-state index contributed by atoms with van der Waals surface area (Å²) in [6, 6.07) is 6.28. The minimum Gasteiger partial charge on any atom is -0.496 e. The number of rotatable bonds is 1. The van der Waals surface area contributed by atoms with Gasteiger partial charge in [0.1, 0.15) is 5.75 Å². The van der Waals surface area contributed by atoms with Crippen LogP contribution in [0.15, 0.2) is 23.8 Å². The zero-order valence-electron chi connectivity index (χ0n) is 9.92. The Kier molecular flexibility index (Phi) is 2.34. The minimum absolute atomic E-state index is 0.254. The maximum atomic E-state index is 5.37. The summed E-state index contributed by atoms with van der Waals surface area (Å²) in [4.78, 5) is 0. The first kappa shape index (κ1) is 10.3. The first-order valence-electron chi connectivity index (χ1n) is 5.39. The molecule has 0 amide bonds. The molecule has 1 aliphatic rings. The summed E-state index contributed by atoms with van der Waals surface area (Å²) < 4.78 is 5.37. The van der Waals surface area contributed by atoms with E-state index in [0.29, 0.717) is 0 Å². The molecule has 1 nitrogen and oxygen atoms in total. The Morgan fingerprint density at radius 1 is 1.20 bits per heavy atom. The van der Waals surface area contributed by atoms with Crippen molar-refractivity contribution < 1.29 is 4.74 Å². The van der Waals surface area contributed by atoms with Crippen LogP contribution >= 0.6 is 0 Å². The number of hydrogen-bond donors (Lipinski definition) is 0. The van der Waals surface area contributed by atoms with Gasteiger partial charge in [0.2, 0.25) is 0 Å². The van der Waals surface area contributed by atoms with E-state index >= 15 is 0 Å². The van der Waals surface area contributed by atoms with Crippen LogP contribution in [-0.4, -0.2) is 7.11 Å². The highest BCUT2D eigenvalue weighted by Crippen LogP contribution is 2.39. The molecule has 0 spiro atoms. The molecule has 0 N–H and O–H groups in total. The fourth-order valence-corrected chi connectivity index (χ4v) is 2.00. The Hall–Kier alpha value is -1.24. The molecule has 1 heteroatoms. The van der Waals surface area contributed by atoms with E-state index in [1.165, 1.54) is 16.7 Å². The third-order valence-electron chi connectivity index (χ3n) is 3.04. The van der Waals surface area contributed by atoms with Gasteiger partial charge in [-0.25, -0.2) is 0 Å². The van der Waals surface area contributed by atoms with E-state index < -0.39 is 0 Å². The zero-order chi connectivity index (χ0) is 11.1. The molecule has 15 heavy (non-hydrogen) atoms. The lowest BCUT2D eigenvalue weighted by Gasteiger charge is -2.19. The van der Waals surface area contributed by atoms with Crippen molar-refractivity contribution in [2.45, 2.75) is 27.2 Å². The maximum absolute atomic E-state index is 5.37. The second kappa shape index (κ2) is 3.41. The van der Waals surface area contributed by atoms with Crippen LogP contribution in [0.25, 0.3) is 6.08 Å². The van der Waals surface area contributed by atoms with Crippen molar-refractivity contribution in [2.75, 3.05) is 7.11 Å². The quantitative estimate of drug-likeness (QED) is 0.675. The first-order valence-corrected chi connectivity index (χ1v) is 5.39. The van der Waals surface area contributed by atoms with Crippen molar-refractivity contribution in [1.82, 2.24) is 0 Å². The maximum Gasteiger partial charge on any atom is 0.126 e. The molecular formula is C14H18O. The smallest absolute Gasteiger partial charge is 0.126 e. The number of fused-ring (bicyclic) bond motifs is 1. The minimum atomic E-state index is 0.254. The third-order valence-corrected chi connectivity index (χ3v) is 3.04. The molecule has 80 valence electrons. The standard InChI is InChI=1S/C14H18O/c1-14(2,3)11-8-10-6-5-7-13(15-4)12(10)9-11/h5-7,9H,8H2,1-4H3. The molecular weight excluding hydrogens is 184 g/mol. The molecule has 0 fully saturated rings. The van der Waals surface area contributed by atoms with Crippen LogP contribution in [0.4, 0.5) is 0 Å². The fourth-order valence-electron chi connectivity index (χ4n) is 2.00. The highest BCUT2D eigenvalue weighted by molar-refractivity contribution is 5.69. The summed E-state index contributed by atoms with van der Waals surface area (Å²) >= 11 is 0. The molecule has 0 aliphatic heterocycles. The lowest BCUT2D eigenvalue weighted by molar-refractivity contribution is 0.413. The lowest BCUT2D eigenvalue weighted by Crippen LogP contribution is -2.08. The second-order valence-corrected chi connectivity index (χ2v) is 5.13. The van der Waals surface area contributed by atoms with Gasteiger partial charge in [-0.15, -0.1) is 0 Å². The summed E-state index contributed by atoms with van der Waals surface area (Å²) in [6.07, 6.45) is 3.35. The van der Waals surface area contributed by atoms with E-state index in [0.717, 1.165) is 12.2 Å². The van der Waals surface area contributed by atoms with Gasteiger partial charge in [0.25, 0.3) is 0 Å². The van der Waals surface area contributed by atoms with Crippen molar-refractivity contribution in [3.05, 3.63) is 34.9 Å². The predicted molar refractivity (Wildman–Crippen MR) is 64.1 cm³/mol. The van der Waals surface area contributed by atoms with E-state index in [2.05, 4.69) is 39.0 Å². The molecule has 0 unspecified atom stereocenters. The topological polar surface area (TPSA) is 9.23 Å². The SMILES string of the molecule is COc1cccc2c1C=C(C(C)(C)C)C2. The summed E-state index contributed by atoms with van der Waals surface area (Å²) in [5.74, 6) is 0.992. The molecule has 1 aromatic rings.